The molecule has 4 aliphatic rings. The van der Waals surface area contributed by atoms with E-state index in [1.165, 1.54) is 31.3 Å². The van der Waals surface area contributed by atoms with Crippen LogP contribution < -0.4 is 5.32 Å². The predicted molar refractivity (Wildman–Crippen MR) is 165 cm³/mol. The Hall–Kier alpha value is -1.96. The van der Waals surface area contributed by atoms with Crippen LogP contribution in [0.1, 0.15) is 102 Å². The van der Waals surface area contributed by atoms with Crippen LogP contribution in [-0.2, 0) is 10.2 Å². The number of thiazole rings is 1. The minimum Gasteiger partial charge on any atom is -0.445 e. The van der Waals surface area contributed by atoms with Crippen molar-refractivity contribution in [3.8, 4) is 0 Å². The first kappa shape index (κ1) is 30.5. The monoisotopic (exact) mass is 582 g/mol. The number of alkyl carbamates (subject to hydrolysis) is 1. The summed E-state index contributed by atoms with van der Waals surface area (Å²) in [6, 6.07) is 0. The molecule has 4 saturated carbocycles. The summed E-state index contributed by atoms with van der Waals surface area (Å²) < 4.78 is 6.12. The van der Waals surface area contributed by atoms with Gasteiger partial charge in [-0.3, -0.25) is 0 Å². The summed E-state index contributed by atoms with van der Waals surface area (Å²) in [6.45, 7) is 13.6. The van der Waals surface area contributed by atoms with Crippen molar-refractivity contribution in [2.45, 2.75) is 122 Å². The number of aliphatic hydroxyl groups excluding tert-OH is 2. The van der Waals surface area contributed by atoms with Crippen LogP contribution in [0.25, 0.3) is 0 Å². The molecule has 0 radical (unpaired) electrons. The number of rotatable bonds is 9. The first-order valence-electron chi connectivity index (χ1n) is 15.9. The maximum absolute atomic E-state index is 12.6. The fraction of sp³-hybridized carbons (Fsp3) is 0.706. The minimum atomic E-state index is -0.646. The molecule has 0 aliphatic heterocycles. The topological polar surface area (TPSA) is 91.7 Å². The van der Waals surface area contributed by atoms with Gasteiger partial charge in [0.15, 0.2) is 0 Å². The van der Waals surface area contributed by atoms with Crippen LogP contribution in [-0.4, -0.2) is 46.1 Å². The molecule has 1 amide bonds. The second kappa shape index (κ2) is 12.3. The number of aromatic nitrogens is 1. The first-order chi connectivity index (χ1) is 19.6. The molecule has 5 rings (SSSR count). The molecule has 6 nitrogen and oxygen atoms in total. The molecule has 226 valence electrons. The molecule has 1 aromatic rings. The molecule has 4 fully saturated rings. The smallest absolute Gasteiger partial charge is 0.407 e. The number of fused-ring (bicyclic) bond motifs is 1. The molecule has 1 heterocycles. The molecule has 7 atom stereocenters. The van der Waals surface area contributed by atoms with Crippen LogP contribution in [0.4, 0.5) is 4.79 Å². The lowest BCUT2D eigenvalue weighted by molar-refractivity contribution is 0.0525. The third-order valence-corrected chi connectivity index (χ3v) is 12.1. The molecule has 0 spiro atoms. The Labute approximate surface area is 250 Å². The van der Waals surface area contributed by atoms with Gasteiger partial charge in [-0.15, -0.1) is 11.3 Å². The van der Waals surface area contributed by atoms with Gasteiger partial charge in [-0.2, -0.15) is 0 Å². The van der Waals surface area contributed by atoms with Gasteiger partial charge in [0, 0.05) is 24.0 Å². The van der Waals surface area contributed by atoms with E-state index >= 15 is 0 Å². The molecule has 0 aromatic carbocycles. The van der Waals surface area contributed by atoms with Gasteiger partial charge in [-0.1, -0.05) is 38.2 Å². The van der Waals surface area contributed by atoms with Crippen LogP contribution in [0.2, 0.25) is 0 Å². The fourth-order valence-electron chi connectivity index (χ4n) is 8.45. The van der Waals surface area contributed by atoms with Crippen LogP contribution in [0, 0.1) is 30.1 Å². The van der Waals surface area contributed by atoms with Crippen molar-refractivity contribution in [3.63, 3.8) is 0 Å². The van der Waals surface area contributed by atoms with Crippen LogP contribution in [0.5, 0.6) is 0 Å². The summed E-state index contributed by atoms with van der Waals surface area (Å²) in [5.74, 6) is 1.75. The lowest BCUT2D eigenvalue weighted by Gasteiger charge is -2.44. The first-order valence-corrected chi connectivity index (χ1v) is 16.8. The molecule has 1 aromatic heterocycles. The highest BCUT2D eigenvalue weighted by Crippen LogP contribution is 2.60. The van der Waals surface area contributed by atoms with E-state index in [0.29, 0.717) is 37.1 Å². The Morgan fingerprint density at radius 1 is 1.27 bits per heavy atom. The molecule has 0 saturated heterocycles. The third kappa shape index (κ3) is 6.23. The number of hydrogen-bond donors (Lipinski definition) is 3. The van der Waals surface area contributed by atoms with E-state index in [-0.39, 0.29) is 23.0 Å². The van der Waals surface area contributed by atoms with Crippen LogP contribution in [0.15, 0.2) is 40.8 Å². The highest BCUT2D eigenvalue weighted by Gasteiger charge is 2.56. The Morgan fingerprint density at radius 3 is 2.73 bits per heavy atom. The SMILES string of the molecule is C=C1C(=CC=C2CCC[C@]3(C)[C@@H]([C@H](C)CC[C@H](OC(=O)NCC)C4(c5nc(C)cs5)CC4)CC[C@@H]23)C[C@@H](O)C[C@@H]1O. The minimum absolute atomic E-state index is 0.121. The van der Waals surface area contributed by atoms with E-state index in [1.807, 2.05) is 13.8 Å². The number of aliphatic hydroxyl groups is 2. The van der Waals surface area contributed by atoms with Crippen molar-refractivity contribution in [2.75, 3.05) is 6.54 Å². The normalized spacial score (nSPS) is 34.3. The number of carbonyl (C=O) groups is 1. The molecule has 7 heteroatoms. The summed E-state index contributed by atoms with van der Waals surface area (Å²) in [5.41, 5.74) is 4.46. The Morgan fingerprint density at radius 2 is 2.05 bits per heavy atom. The highest BCUT2D eigenvalue weighted by atomic mass is 32.1. The zero-order valence-corrected chi connectivity index (χ0v) is 26.3. The van der Waals surface area contributed by atoms with Crippen LogP contribution >= 0.6 is 11.3 Å². The van der Waals surface area contributed by atoms with Gasteiger partial charge in [0.2, 0.25) is 0 Å². The summed E-state index contributed by atoms with van der Waals surface area (Å²) in [7, 11) is 0. The molecule has 3 N–H and O–H groups in total. The Bertz CT molecular complexity index is 1180. The quantitative estimate of drug-likeness (QED) is 0.287. The number of ether oxygens (including phenoxy) is 1. The zero-order valence-electron chi connectivity index (χ0n) is 25.5. The van der Waals surface area contributed by atoms with Gasteiger partial charge in [0.05, 0.1) is 17.6 Å². The van der Waals surface area contributed by atoms with Gasteiger partial charge in [0.1, 0.15) is 11.1 Å². The van der Waals surface area contributed by atoms with E-state index in [1.54, 1.807) is 11.3 Å². The number of allylic oxidation sites excluding steroid dienone is 3. The largest absolute Gasteiger partial charge is 0.445 e. The Kier molecular flexibility index (Phi) is 9.18. The van der Waals surface area contributed by atoms with Crippen molar-refractivity contribution in [2.24, 2.45) is 23.2 Å². The third-order valence-electron chi connectivity index (χ3n) is 10.9. The van der Waals surface area contributed by atoms with Crippen LogP contribution in [0.3, 0.4) is 0 Å². The second-order valence-corrected chi connectivity index (χ2v) is 14.5. The van der Waals surface area contributed by atoms with Crippen molar-refractivity contribution in [1.29, 1.82) is 0 Å². The number of carbonyl (C=O) groups excluding carboxylic acids is 1. The number of hydrogen-bond acceptors (Lipinski definition) is 6. The molecule has 41 heavy (non-hydrogen) atoms. The standard InChI is InChI=1S/C34H50N2O4S/c1-6-35-32(39)40-30(34(16-17-34)31-36-22(3)20-41-31)14-9-21(2)27-12-13-28-24(8-7-15-33(27,28)5)10-11-25-18-26(37)19-29(38)23(25)4/h10-11,20-21,26-30,37-38H,4,6-9,12-19H2,1-3,5H3,(H,35,39)/t21-,26-,27-,28+,29+,30+,33-/m1/s1. The lowest BCUT2D eigenvalue weighted by Crippen LogP contribution is -2.38. The molecular formula is C34H50N2O4S. The average molecular weight is 583 g/mol. The van der Waals surface area contributed by atoms with Crippen molar-refractivity contribution < 1.29 is 19.7 Å². The average Bonchev–Trinajstić information content (AvgIpc) is 3.48. The molecule has 0 bridgehead atoms. The number of nitrogens with zero attached hydrogens (tertiary/aromatic N) is 1. The van der Waals surface area contributed by atoms with E-state index in [0.717, 1.165) is 54.0 Å². The van der Waals surface area contributed by atoms with Gasteiger partial charge in [-0.05, 0) is 112 Å². The van der Waals surface area contributed by atoms with Gasteiger partial charge >= 0.3 is 6.09 Å². The van der Waals surface area contributed by atoms with Gasteiger partial charge in [-0.25, -0.2) is 9.78 Å². The van der Waals surface area contributed by atoms with Gasteiger partial charge < -0.3 is 20.3 Å². The number of amides is 1. The summed E-state index contributed by atoms with van der Waals surface area (Å²) in [4.78, 5) is 17.4. The highest BCUT2D eigenvalue weighted by molar-refractivity contribution is 7.09. The van der Waals surface area contributed by atoms with Gasteiger partial charge in [0.25, 0.3) is 0 Å². The predicted octanol–water partition coefficient (Wildman–Crippen LogP) is 7.16. The van der Waals surface area contributed by atoms with Crippen molar-refractivity contribution in [3.05, 3.63) is 51.5 Å². The maximum Gasteiger partial charge on any atom is 0.407 e. The van der Waals surface area contributed by atoms with E-state index in [4.69, 9.17) is 9.72 Å². The second-order valence-electron chi connectivity index (χ2n) is 13.6. The lowest BCUT2D eigenvalue weighted by atomic mass is 9.60. The summed E-state index contributed by atoms with van der Waals surface area (Å²) in [5, 5.41) is 26.5. The summed E-state index contributed by atoms with van der Waals surface area (Å²) in [6.07, 6.45) is 13.8. The van der Waals surface area contributed by atoms with E-state index in [9.17, 15) is 15.0 Å². The molecular weight excluding hydrogens is 532 g/mol. The van der Waals surface area contributed by atoms with E-state index in [2.05, 4.69) is 43.3 Å². The summed E-state index contributed by atoms with van der Waals surface area (Å²) >= 11 is 1.71. The molecule has 0 unspecified atom stereocenters. The number of aryl methyl sites for hydroxylation is 1. The van der Waals surface area contributed by atoms with E-state index < -0.39 is 12.2 Å². The van der Waals surface area contributed by atoms with Crippen molar-refractivity contribution in [1.82, 2.24) is 10.3 Å². The fourth-order valence-corrected chi connectivity index (χ4v) is 9.55. The molecule has 4 aliphatic carbocycles. The van der Waals surface area contributed by atoms with Crippen molar-refractivity contribution >= 4 is 17.4 Å². The zero-order chi connectivity index (χ0) is 29.4. The maximum atomic E-state index is 12.6. The number of nitrogens with one attached hydrogen (secondary N) is 1. The Balaban J connectivity index is 1.28.